The molecule has 0 bridgehead atoms. The molecule has 0 saturated carbocycles. The quantitative estimate of drug-likeness (QED) is 0.498. The monoisotopic (exact) mass is 281 g/mol. The van der Waals surface area contributed by atoms with Crippen LogP contribution in [0.3, 0.4) is 0 Å². The van der Waals surface area contributed by atoms with E-state index in [4.69, 9.17) is 0 Å². The Bertz CT molecular complexity index is 271. The standard InChI is InChI=1S/C18H33N.H2O/c1-3-4-5-6-7-8-9-10-11-12-15-19-16-13-18(2)14-17-19;/h13-14,16H,3-12,15,17H2,1-2H3;1H2. The zero-order chi connectivity index (χ0) is 13.8. The number of hydrogen-bond acceptors (Lipinski definition) is 1. The van der Waals surface area contributed by atoms with Crippen molar-refractivity contribution in [3.8, 4) is 0 Å². The normalized spacial score (nSPS) is 14.1. The summed E-state index contributed by atoms with van der Waals surface area (Å²) in [5, 5.41) is 0. The predicted octanol–water partition coefficient (Wildman–Crippen LogP) is 4.86. The van der Waals surface area contributed by atoms with Gasteiger partial charge in [-0.3, -0.25) is 0 Å². The third-order valence-corrected chi connectivity index (χ3v) is 3.99. The smallest absolute Gasteiger partial charge is 0.0359 e. The first kappa shape index (κ1) is 19.2. The van der Waals surface area contributed by atoms with Crippen LogP contribution in [0.4, 0.5) is 0 Å². The van der Waals surface area contributed by atoms with Crippen molar-refractivity contribution in [1.82, 2.24) is 4.90 Å². The number of rotatable bonds is 11. The summed E-state index contributed by atoms with van der Waals surface area (Å²) in [6.45, 7) is 6.81. The summed E-state index contributed by atoms with van der Waals surface area (Å²) in [4.78, 5) is 2.43. The summed E-state index contributed by atoms with van der Waals surface area (Å²) in [5.41, 5.74) is 1.40. The minimum atomic E-state index is 0. The molecule has 0 aromatic heterocycles. The second-order valence-corrected chi connectivity index (χ2v) is 5.94. The van der Waals surface area contributed by atoms with E-state index in [2.05, 4.69) is 37.1 Å². The summed E-state index contributed by atoms with van der Waals surface area (Å²) < 4.78 is 0. The van der Waals surface area contributed by atoms with Crippen LogP contribution in [0, 0.1) is 0 Å². The highest BCUT2D eigenvalue weighted by atomic mass is 16.0. The van der Waals surface area contributed by atoms with E-state index < -0.39 is 0 Å². The molecule has 2 N–H and O–H groups in total. The molecule has 1 aliphatic rings. The minimum absolute atomic E-state index is 0. The molecule has 0 spiro atoms. The highest BCUT2D eigenvalue weighted by molar-refractivity contribution is 5.19. The maximum atomic E-state index is 2.43. The fraction of sp³-hybridized carbons (Fsp3) is 0.778. The van der Waals surface area contributed by atoms with E-state index in [-0.39, 0.29) is 5.48 Å². The van der Waals surface area contributed by atoms with Gasteiger partial charge in [0.1, 0.15) is 0 Å². The van der Waals surface area contributed by atoms with E-state index in [0.29, 0.717) is 0 Å². The van der Waals surface area contributed by atoms with Crippen LogP contribution < -0.4 is 0 Å². The van der Waals surface area contributed by atoms with Gasteiger partial charge in [-0.1, -0.05) is 76.4 Å². The van der Waals surface area contributed by atoms with Crippen LogP contribution in [-0.4, -0.2) is 23.5 Å². The molecule has 0 aromatic carbocycles. The van der Waals surface area contributed by atoms with Crippen molar-refractivity contribution < 1.29 is 5.48 Å². The Labute approximate surface area is 126 Å². The van der Waals surface area contributed by atoms with Crippen LogP contribution in [-0.2, 0) is 0 Å². The van der Waals surface area contributed by atoms with Crippen molar-refractivity contribution in [2.24, 2.45) is 0 Å². The zero-order valence-electron chi connectivity index (χ0n) is 13.7. The summed E-state index contributed by atoms with van der Waals surface area (Å²) in [6.07, 6.45) is 21.0. The fourth-order valence-corrected chi connectivity index (χ4v) is 2.58. The molecular weight excluding hydrogens is 246 g/mol. The molecule has 0 amide bonds. The predicted molar refractivity (Wildman–Crippen MR) is 89.9 cm³/mol. The lowest BCUT2D eigenvalue weighted by Crippen LogP contribution is -2.20. The van der Waals surface area contributed by atoms with Gasteiger partial charge in [-0.15, -0.1) is 0 Å². The van der Waals surface area contributed by atoms with Crippen molar-refractivity contribution in [2.45, 2.75) is 78.1 Å². The van der Waals surface area contributed by atoms with Crippen LogP contribution in [0.15, 0.2) is 23.9 Å². The van der Waals surface area contributed by atoms with Gasteiger partial charge in [0.05, 0.1) is 0 Å². The van der Waals surface area contributed by atoms with Crippen molar-refractivity contribution in [3.05, 3.63) is 23.9 Å². The molecule has 118 valence electrons. The van der Waals surface area contributed by atoms with Crippen molar-refractivity contribution >= 4 is 0 Å². The number of unbranched alkanes of at least 4 members (excludes halogenated alkanes) is 9. The van der Waals surface area contributed by atoms with E-state index >= 15 is 0 Å². The SMILES string of the molecule is CCCCCCCCCCCCN1C=CC(C)=CC1.O. The molecule has 2 heteroatoms. The second kappa shape index (κ2) is 13.2. The molecule has 0 aliphatic carbocycles. The fourth-order valence-electron chi connectivity index (χ4n) is 2.58. The average molecular weight is 281 g/mol. The molecule has 0 fully saturated rings. The van der Waals surface area contributed by atoms with Crippen LogP contribution in [0.25, 0.3) is 0 Å². The minimum Gasteiger partial charge on any atom is -0.412 e. The maximum Gasteiger partial charge on any atom is 0.0359 e. The topological polar surface area (TPSA) is 34.7 Å². The van der Waals surface area contributed by atoms with Crippen molar-refractivity contribution in [2.75, 3.05) is 13.1 Å². The molecule has 0 unspecified atom stereocenters. The van der Waals surface area contributed by atoms with E-state index in [1.165, 1.54) is 76.3 Å². The van der Waals surface area contributed by atoms with Crippen LogP contribution in [0.2, 0.25) is 0 Å². The molecule has 1 heterocycles. The van der Waals surface area contributed by atoms with Gasteiger partial charge < -0.3 is 10.4 Å². The first-order valence-corrected chi connectivity index (χ1v) is 8.42. The number of nitrogens with zero attached hydrogens (tertiary/aromatic N) is 1. The van der Waals surface area contributed by atoms with Crippen LogP contribution >= 0.6 is 0 Å². The summed E-state index contributed by atoms with van der Waals surface area (Å²) in [6, 6.07) is 0. The van der Waals surface area contributed by atoms with Gasteiger partial charge in [0.15, 0.2) is 0 Å². The average Bonchev–Trinajstić information content (AvgIpc) is 2.43. The van der Waals surface area contributed by atoms with Crippen molar-refractivity contribution in [3.63, 3.8) is 0 Å². The van der Waals surface area contributed by atoms with Crippen molar-refractivity contribution in [1.29, 1.82) is 0 Å². The highest BCUT2D eigenvalue weighted by Gasteiger charge is 2.01. The Kier molecular flexibility index (Phi) is 12.7. The summed E-state index contributed by atoms with van der Waals surface area (Å²) in [7, 11) is 0. The maximum absolute atomic E-state index is 2.43. The summed E-state index contributed by atoms with van der Waals surface area (Å²) >= 11 is 0. The van der Waals surface area contributed by atoms with Gasteiger partial charge in [0.2, 0.25) is 0 Å². The number of allylic oxidation sites excluding steroid dienone is 2. The summed E-state index contributed by atoms with van der Waals surface area (Å²) in [5.74, 6) is 0. The third kappa shape index (κ3) is 10.1. The lowest BCUT2D eigenvalue weighted by Gasteiger charge is -2.21. The number of hydrogen-bond donors (Lipinski definition) is 0. The van der Waals surface area contributed by atoms with E-state index in [1.807, 2.05) is 0 Å². The molecule has 0 saturated heterocycles. The molecule has 0 aromatic rings. The van der Waals surface area contributed by atoms with E-state index in [0.717, 1.165) is 6.54 Å². The molecular formula is C18H35NO. The first-order chi connectivity index (χ1) is 9.33. The lowest BCUT2D eigenvalue weighted by atomic mass is 10.1. The molecule has 0 radical (unpaired) electrons. The molecule has 20 heavy (non-hydrogen) atoms. The van der Waals surface area contributed by atoms with Gasteiger partial charge in [-0.25, -0.2) is 0 Å². The molecule has 2 nitrogen and oxygen atoms in total. The Balaban J connectivity index is 0.00000361. The molecule has 1 rings (SSSR count). The highest BCUT2D eigenvalue weighted by Crippen LogP contribution is 2.12. The second-order valence-electron chi connectivity index (χ2n) is 5.94. The largest absolute Gasteiger partial charge is 0.412 e. The zero-order valence-corrected chi connectivity index (χ0v) is 13.7. The van der Waals surface area contributed by atoms with Gasteiger partial charge in [0, 0.05) is 13.1 Å². The molecule has 1 aliphatic heterocycles. The Morgan fingerprint density at radius 2 is 1.45 bits per heavy atom. The van der Waals surface area contributed by atoms with E-state index in [9.17, 15) is 0 Å². The van der Waals surface area contributed by atoms with Crippen LogP contribution in [0.5, 0.6) is 0 Å². The van der Waals surface area contributed by atoms with E-state index in [1.54, 1.807) is 0 Å². The first-order valence-electron chi connectivity index (χ1n) is 8.42. The van der Waals surface area contributed by atoms with Gasteiger partial charge >= 0.3 is 0 Å². The Morgan fingerprint density at radius 1 is 0.900 bits per heavy atom. The third-order valence-electron chi connectivity index (χ3n) is 3.99. The van der Waals surface area contributed by atoms with Crippen LogP contribution in [0.1, 0.15) is 78.1 Å². The van der Waals surface area contributed by atoms with Gasteiger partial charge in [-0.05, 0) is 25.6 Å². The Morgan fingerprint density at radius 3 is 1.95 bits per heavy atom. The van der Waals surface area contributed by atoms with Gasteiger partial charge in [0.25, 0.3) is 0 Å². The lowest BCUT2D eigenvalue weighted by molar-refractivity contribution is 0.390. The molecule has 0 atom stereocenters. The Hall–Kier alpha value is -0.760. The van der Waals surface area contributed by atoms with Gasteiger partial charge in [-0.2, -0.15) is 0 Å².